The molecule has 0 bridgehead atoms. The number of benzene rings is 1. The fourth-order valence-electron chi connectivity index (χ4n) is 3.05. The van der Waals surface area contributed by atoms with Gasteiger partial charge in [0.25, 0.3) is 0 Å². The molecule has 19 heavy (non-hydrogen) atoms. The Hall–Kier alpha value is -0.900. The van der Waals surface area contributed by atoms with E-state index in [1.807, 2.05) is 0 Å². The monoisotopic (exact) mass is 261 g/mol. The maximum Gasteiger partial charge on any atom is 0.0429 e. The van der Waals surface area contributed by atoms with Crippen LogP contribution in [0.25, 0.3) is 0 Å². The van der Waals surface area contributed by atoms with E-state index in [2.05, 4.69) is 54.5 Å². The van der Waals surface area contributed by atoms with Crippen LogP contribution in [0.4, 0.5) is 0 Å². The molecule has 3 N–H and O–H groups in total. The molecule has 0 aromatic heterocycles. The number of nitrogens with two attached hydrogens (primary N) is 1. The van der Waals surface area contributed by atoms with Crippen LogP contribution >= 0.6 is 0 Å². The molecule has 0 spiro atoms. The van der Waals surface area contributed by atoms with Crippen molar-refractivity contribution in [1.29, 1.82) is 0 Å². The third kappa shape index (κ3) is 3.56. The summed E-state index contributed by atoms with van der Waals surface area (Å²) in [6, 6.07) is 10.9. The van der Waals surface area contributed by atoms with Gasteiger partial charge < -0.3 is 0 Å². The molecule has 106 valence electrons. The van der Waals surface area contributed by atoms with E-state index in [-0.39, 0.29) is 11.6 Å². The molecule has 1 heterocycles. The van der Waals surface area contributed by atoms with E-state index in [0.29, 0.717) is 0 Å². The summed E-state index contributed by atoms with van der Waals surface area (Å²) in [4.78, 5) is 2.59. The predicted molar refractivity (Wildman–Crippen MR) is 80.8 cm³/mol. The molecular weight excluding hydrogens is 234 g/mol. The highest BCUT2D eigenvalue weighted by Crippen LogP contribution is 2.25. The SMILES string of the molecule is CC(C)(C(Cc1ccccc1)NN)N1CCCCC1. The van der Waals surface area contributed by atoms with E-state index in [4.69, 9.17) is 5.84 Å². The van der Waals surface area contributed by atoms with Gasteiger partial charge in [0.15, 0.2) is 0 Å². The Kier molecular flexibility index (Phi) is 4.97. The summed E-state index contributed by atoms with van der Waals surface area (Å²) in [5.74, 6) is 5.84. The van der Waals surface area contributed by atoms with Crippen LogP contribution in [0.2, 0.25) is 0 Å². The first-order valence-corrected chi connectivity index (χ1v) is 7.39. The zero-order chi connectivity index (χ0) is 13.7. The minimum atomic E-state index is 0.0883. The molecule has 0 amide bonds. The number of hydrazine groups is 1. The van der Waals surface area contributed by atoms with Gasteiger partial charge in [0.05, 0.1) is 0 Å². The van der Waals surface area contributed by atoms with Crippen LogP contribution in [0, 0.1) is 0 Å². The lowest BCUT2D eigenvalue weighted by molar-refractivity contribution is 0.0611. The smallest absolute Gasteiger partial charge is 0.0429 e. The molecule has 1 unspecified atom stereocenters. The molecule has 0 radical (unpaired) electrons. The first-order chi connectivity index (χ1) is 9.14. The van der Waals surface area contributed by atoms with Crippen molar-refractivity contribution in [2.75, 3.05) is 13.1 Å². The standard InChI is InChI=1S/C16H27N3/c1-16(2,19-11-7-4-8-12-19)15(18-17)13-14-9-5-3-6-10-14/h3,5-6,9-10,15,18H,4,7-8,11-13,17H2,1-2H3. The zero-order valence-electron chi connectivity index (χ0n) is 12.2. The first-order valence-electron chi connectivity index (χ1n) is 7.39. The Bertz CT molecular complexity index is 369. The van der Waals surface area contributed by atoms with Crippen LogP contribution in [0.1, 0.15) is 38.7 Å². The largest absolute Gasteiger partial charge is 0.297 e. The van der Waals surface area contributed by atoms with Crippen molar-refractivity contribution in [2.24, 2.45) is 5.84 Å². The van der Waals surface area contributed by atoms with Crippen molar-refractivity contribution in [1.82, 2.24) is 10.3 Å². The molecule has 1 atom stereocenters. The van der Waals surface area contributed by atoms with Gasteiger partial charge in [-0.05, 0) is 51.8 Å². The highest BCUT2D eigenvalue weighted by atomic mass is 15.3. The van der Waals surface area contributed by atoms with Crippen molar-refractivity contribution in [3.63, 3.8) is 0 Å². The summed E-state index contributed by atoms with van der Waals surface area (Å²) < 4.78 is 0. The molecule has 3 nitrogen and oxygen atoms in total. The third-order valence-electron chi connectivity index (χ3n) is 4.51. The highest BCUT2D eigenvalue weighted by Gasteiger charge is 2.35. The van der Waals surface area contributed by atoms with Gasteiger partial charge >= 0.3 is 0 Å². The van der Waals surface area contributed by atoms with Gasteiger partial charge in [-0.25, -0.2) is 0 Å². The van der Waals surface area contributed by atoms with Gasteiger partial charge in [-0.15, -0.1) is 0 Å². The molecule has 1 aromatic rings. The molecule has 1 aliphatic heterocycles. The van der Waals surface area contributed by atoms with Gasteiger partial charge in [0.2, 0.25) is 0 Å². The van der Waals surface area contributed by atoms with E-state index >= 15 is 0 Å². The van der Waals surface area contributed by atoms with Gasteiger partial charge in [-0.3, -0.25) is 16.2 Å². The number of hydrogen-bond donors (Lipinski definition) is 2. The zero-order valence-corrected chi connectivity index (χ0v) is 12.2. The Morgan fingerprint density at radius 1 is 1.16 bits per heavy atom. The van der Waals surface area contributed by atoms with Crippen LogP contribution in [0.3, 0.4) is 0 Å². The summed E-state index contributed by atoms with van der Waals surface area (Å²) >= 11 is 0. The second kappa shape index (κ2) is 6.51. The highest BCUT2D eigenvalue weighted by molar-refractivity contribution is 5.17. The number of nitrogens with one attached hydrogen (secondary N) is 1. The normalized spacial score (nSPS) is 19.3. The van der Waals surface area contributed by atoms with Crippen LogP contribution in [0.5, 0.6) is 0 Å². The topological polar surface area (TPSA) is 41.3 Å². The minimum absolute atomic E-state index is 0.0883. The van der Waals surface area contributed by atoms with Crippen LogP contribution < -0.4 is 11.3 Å². The summed E-state index contributed by atoms with van der Waals surface area (Å²) in [5.41, 5.74) is 4.48. The first kappa shape index (κ1) is 14.5. The molecule has 1 aromatic carbocycles. The fourth-order valence-corrected chi connectivity index (χ4v) is 3.05. The Labute approximate surface area is 117 Å². The molecule has 1 aliphatic rings. The second-order valence-electron chi connectivity index (χ2n) is 6.11. The van der Waals surface area contributed by atoms with Crippen molar-refractivity contribution in [2.45, 2.75) is 51.1 Å². The minimum Gasteiger partial charge on any atom is -0.297 e. The number of piperidine rings is 1. The fraction of sp³-hybridized carbons (Fsp3) is 0.625. The van der Waals surface area contributed by atoms with Gasteiger partial charge in [0.1, 0.15) is 0 Å². The summed E-state index contributed by atoms with van der Waals surface area (Å²) in [6.07, 6.45) is 4.96. The molecule has 0 aliphatic carbocycles. The molecule has 1 saturated heterocycles. The van der Waals surface area contributed by atoms with E-state index in [0.717, 1.165) is 6.42 Å². The van der Waals surface area contributed by atoms with E-state index in [9.17, 15) is 0 Å². The maximum absolute atomic E-state index is 5.84. The Balaban J connectivity index is 2.06. The molecule has 3 heteroatoms. The molecular formula is C16H27N3. The lowest BCUT2D eigenvalue weighted by atomic mass is 9.86. The number of nitrogens with zero attached hydrogens (tertiary/aromatic N) is 1. The van der Waals surface area contributed by atoms with Gasteiger partial charge in [0, 0.05) is 11.6 Å². The summed E-state index contributed by atoms with van der Waals surface area (Å²) in [5, 5.41) is 0. The van der Waals surface area contributed by atoms with Crippen LogP contribution in [-0.2, 0) is 6.42 Å². The lowest BCUT2D eigenvalue weighted by Gasteiger charge is -2.45. The summed E-state index contributed by atoms with van der Waals surface area (Å²) in [7, 11) is 0. The van der Waals surface area contributed by atoms with Crippen molar-refractivity contribution in [3.8, 4) is 0 Å². The molecule has 0 saturated carbocycles. The predicted octanol–water partition coefficient (Wildman–Crippen LogP) is 2.33. The van der Waals surface area contributed by atoms with Gasteiger partial charge in [-0.2, -0.15) is 0 Å². The average molecular weight is 261 g/mol. The van der Waals surface area contributed by atoms with E-state index < -0.39 is 0 Å². The Morgan fingerprint density at radius 3 is 2.37 bits per heavy atom. The van der Waals surface area contributed by atoms with Crippen LogP contribution in [0.15, 0.2) is 30.3 Å². The quantitative estimate of drug-likeness (QED) is 0.631. The molecule has 1 fully saturated rings. The van der Waals surface area contributed by atoms with Crippen molar-refractivity contribution >= 4 is 0 Å². The maximum atomic E-state index is 5.84. The van der Waals surface area contributed by atoms with E-state index in [1.54, 1.807) is 0 Å². The van der Waals surface area contributed by atoms with Crippen LogP contribution in [-0.4, -0.2) is 29.6 Å². The number of hydrogen-bond acceptors (Lipinski definition) is 3. The van der Waals surface area contributed by atoms with Gasteiger partial charge in [-0.1, -0.05) is 36.8 Å². The third-order valence-corrected chi connectivity index (χ3v) is 4.51. The van der Waals surface area contributed by atoms with Crippen molar-refractivity contribution < 1.29 is 0 Å². The summed E-state index contributed by atoms with van der Waals surface area (Å²) in [6.45, 7) is 7.01. The second-order valence-corrected chi connectivity index (χ2v) is 6.11. The Morgan fingerprint density at radius 2 is 1.79 bits per heavy atom. The average Bonchev–Trinajstić information content (AvgIpc) is 2.46. The van der Waals surface area contributed by atoms with E-state index in [1.165, 1.54) is 37.9 Å². The van der Waals surface area contributed by atoms with Crippen molar-refractivity contribution in [3.05, 3.63) is 35.9 Å². The lowest BCUT2D eigenvalue weighted by Crippen LogP contribution is -2.61. The number of likely N-dealkylation sites (tertiary alicyclic amines) is 1. The number of rotatable bonds is 5. The molecule has 2 rings (SSSR count).